The van der Waals surface area contributed by atoms with Crippen molar-refractivity contribution in [1.29, 1.82) is 5.41 Å². The van der Waals surface area contributed by atoms with Crippen molar-refractivity contribution in [2.75, 3.05) is 0 Å². The highest BCUT2D eigenvalue weighted by Crippen LogP contribution is 1.92. The van der Waals surface area contributed by atoms with Gasteiger partial charge in [-0.1, -0.05) is 17.7 Å². The summed E-state index contributed by atoms with van der Waals surface area (Å²) in [7, 11) is 0. The van der Waals surface area contributed by atoms with Crippen LogP contribution in [0, 0.1) is 5.41 Å². The maximum Gasteiger partial charge on any atom is 0.0283 e. The summed E-state index contributed by atoms with van der Waals surface area (Å²) in [6, 6.07) is 0. The fraction of sp³-hybridized carbons (Fsp3) is 0.375. The van der Waals surface area contributed by atoms with Gasteiger partial charge in [-0.15, -0.1) is 0 Å². The summed E-state index contributed by atoms with van der Waals surface area (Å²) in [5, 5.41) is 7.05. The van der Waals surface area contributed by atoms with Gasteiger partial charge >= 0.3 is 0 Å². The summed E-state index contributed by atoms with van der Waals surface area (Å²) in [5.74, 6) is 0. The van der Waals surface area contributed by atoms with Crippen molar-refractivity contribution in [2.45, 2.75) is 20.8 Å². The van der Waals surface area contributed by atoms with Gasteiger partial charge in [-0.2, -0.15) is 0 Å². The van der Waals surface area contributed by atoms with Crippen molar-refractivity contribution in [2.24, 2.45) is 0 Å². The Morgan fingerprint density at radius 1 is 1.22 bits per heavy atom. The summed E-state index contributed by atoms with van der Waals surface area (Å²) < 4.78 is 0. The first-order valence-corrected chi connectivity index (χ1v) is 3.03. The van der Waals surface area contributed by atoms with Gasteiger partial charge in [-0.05, 0) is 26.8 Å². The molecule has 0 aromatic carbocycles. The lowest BCUT2D eigenvalue weighted by molar-refractivity contribution is 1.46. The van der Waals surface area contributed by atoms with E-state index in [2.05, 4.69) is 0 Å². The van der Waals surface area contributed by atoms with Crippen LogP contribution in [0.25, 0.3) is 0 Å². The van der Waals surface area contributed by atoms with Gasteiger partial charge in [0, 0.05) is 5.71 Å². The number of rotatable bonds is 2. The van der Waals surface area contributed by atoms with Crippen molar-refractivity contribution in [3.8, 4) is 0 Å². The molecule has 0 bridgehead atoms. The Kier molecular flexibility index (Phi) is 3.69. The Labute approximate surface area is 56.6 Å². The molecule has 0 radical (unpaired) electrons. The van der Waals surface area contributed by atoms with Crippen LogP contribution >= 0.6 is 0 Å². The minimum Gasteiger partial charge on any atom is -0.306 e. The smallest absolute Gasteiger partial charge is 0.0283 e. The molecule has 0 saturated heterocycles. The van der Waals surface area contributed by atoms with E-state index in [1.807, 2.05) is 26.0 Å². The summed E-state index contributed by atoms with van der Waals surface area (Å²) in [6.45, 7) is 5.76. The Morgan fingerprint density at radius 2 is 1.78 bits per heavy atom. The number of nitrogens with one attached hydrogen (secondary N) is 1. The van der Waals surface area contributed by atoms with E-state index in [0.717, 1.165) is 0 Å². The third kappa shape index (κ3) is 5.01. The molecule has 0 aliphatic rings. The Bertz CT molecular complexity index is 152. The summed E-state index contributed by atoms with van der Waals surface area (Å²) >= 11 is 0. The molecule has 0 aromatic heterocycles. The van der Waals surface area contributed by atoms with Crippen LogP contribution in [-0.2, 0) is 0 Å². The zero-order valence-corrected chi connectivity index (χ0v) is 6.23. The van der Waals surface area contributed by atoms with Gasteiger partial charge in [-0.25, -0.2) is 0 Å². The molecule has 0 rings (SSSR count). The lowest BCUT2D eigenvalue weighted by Crippen LogP contribution is -1.77. The molecule has 50 valence electrons. The van der Waals surface area contributed by atoms with Crippen molar-refractivity contribution < 1.29 is 0 Å². The molecule has 0 heterocycles. The van der Waals surface area contributed by atoms with Gasteiger partial charge in [0.2, 0.25) is 0 Å². The van der Waals surface area contributed by atoms with Crippen LogP contribution in [0.1, 0.15) is 20.8 Å². The van der Waals surface area contributed by atoms with Crippen molar-refractivity contribution in [3.05, 3.63) is 23.8 Å². The molecule has 0 fully saturated rings. The zero-order chi connectivity index (χ0) is 7.28. The predicted molar refractivity (Wildman–Crippen MR) is 42.0 cm³/mol. The predicted octanol–water partition coefficient (Wildman–Crippen LogP) is 2.55. The maximum atomic E-state index is 7.05. The normalized spacial score (nSPS) is 12.6. The van der Waals surface area contributed by atoms with Crippen LogP contribution in [0.5, 0.6) is 0 Å². The molecule has 1 heteroatoms. The first-order valence-electron chi connectivity index (χ1n) is 3.03. The average Bonchev–Trinajstić information content (AvgIpc) is 1.83. The van der Waals surface area contributed by atoms with Gasteiger partial charge in [0.1, 0.15) is 0 Å². The van der Waals surface area contributed by atoms with Gasteiger partial charge in [0.15, 0.2) is 0 Å². The summed E-state index contributed by atoms with van der Waals surface area (Å²) in [6.07, 6.45) is 5.73. The molecule has 0 aliphatic carbocycles. The van der Waals surface area contributed by atoms with Gasteiger partial charge in [-0.3, -0.25) is 0 Å². The minimum atomic E-state index is 0.594. The van der Waals surface area contributed by atoms with Gasteiger partial charge in [0.05, 0.1) is 0 Å². The minimum absolute atomic E-state index is 0.594. The maximum absolute atomic E-state index is 7.05. The number of hydrogen-bond acceptors (Lipinski definition) is 1. The highest BCUT2D eigenvalue weighted by atomic mass is 14.4. The van der Waals surface area contributed by atoms with Gasteiger partial charge < -0.3 is 5.41 Å². The Morgan fingerprint density at radius 3 is 2.11 bits per heavy atom. The van der Waals surface area contributed by atoms with E-state index in [0.29, 0.717) is 5.71 Å². The first-order chi connectivity index (χ1) is 4.16. The molecule has 0 unspecified atom stereocenters. The SMILES string of the molecule is C/C=C(C)\C=C/C(C)=N. The lowest BCUT2D eigenvalue weighted by atomic mass is 10.2. The second kappa shape index (κ2) is 4.07. The third-order valence-electron chi connectivity index (χ3n) is 1.05. The fourth-order valence-electron chi connectivity index (χ4n) is 0.353. The largest absolute Gasteiger partial charge is 0.306 e. The van der Waals surface area contributed by atoms with Crippen LogP contribution in [0.15, 0.2) is 23.8 Å². The summed E-state index contributed by atoms with van der Waals surface area (Å²) in [4.78, 5) is 0. The van der Waals surface area contributed by atoms with E-state index in [4.69, 9.17) is 5.41 Å². The van der Waals surface area contributed by atoms with Gasteiger partial charge in [0.25, 0.3) is 0 Å². The molecule has 0 atom stereocenters. The molecule has 0 saturated carbocycles. The van der Waals surface area contributed by atoms with E-state index in [1.54, 1.807) is 13.0 Å². The molecular weight excluding hydrogens is 110 g/mol. The average molecular weight is 123 g/mol. The zero-order valence-electron chi connectivity index (χ0n) is 6.23. The van der Waals surface area contributed by atoms with Crippen molar-refractivity contribution >= 4 is 5.71 Å². The molecule has 0 amide bonds. The van der Waals surface area contributed by atoms with E-state index in [9.17, 15) is 0 Å². The molecule has 1 N–H and O–H groups in total. The van der Waals surface area contributed by atoms with E-state index in [1.165, 1.54) is 5.57 Å². The molecule has 1 nitrogen and oxygen atoms in total. The summed E-state index contributed by atoms with van der Waals surface area (Å²) in [5.41, 5.74) is 1.79. The molecular formula is C8H13N. The van der Waals surface area contributed by atoms with Crippen LogP contribution in [0.2, 0.25) is 0 Å². The molecule has 9 heavy (non-hydrogen) atoms. The first kappa shape index (κ1) is 8.15. The quantitative estimate of drug-likeness (QED) is 0.431. The molecule has 0 aliphatic heterocycles. The van der Waals surface area contributed by atoms with Crippen molar-refractivity contribution in [1.82, 2.24) is 0 Å². The highest BCUT2D eigenvalue weighted by molar-refractivity contribution is 5.90. The molecule has 0 aromatic rings. The van der Waals surface area contributed by atoms with E-state index in [-0.39, 0.29) is 0 Å². The third-order valence-corrected chi connectivity index (χ3v) is 1.05. The fourth-order valence-corrected chi connectivity index (χ4v) is 0.353. The number of allylic oxidation sites excluding steroid dienone is 4. The molecule has 0 spiro atoms. The van der Waals surface area contributed by atoms with Crippen LogP contribution < -0.4 is 0 Å². The van der Waals surface area contributed by atoms with Crippen LogP contribution in [0.3, 0.4) is 0 Å². The van der Waals surface area contributed by atoms with E-state index >= 15 is 0 Å². The Hall–Kier alpha value is -0.850. The van der Waals surface area contributed by atoms with Crippen molar-refractivity contribution in [3.63, 3.8) is 0 Å². The topological polar surface area (TPSA) is 23.9 Å². The monoisotopic (exact) mass is 123 g/mol. The van der Waals surface area contributed by atoms with Crippen LogP contribution in [0.4, 0.5) is 0 Å². The standard InChI is InChI=1S/C8H13N/c1-4-7(2)5-6-8(3)9/h4-6,9H,1-3H3/b6-5-,7-4-,9-8?. The van der Waals surface area contributed by atoms with E-state index < -0.39 is 0 Å². The Balaban J connectivity index is 3.86. The lowest BCUT2D eigenvalue weighted by Gasteiger charge is -1.85. The number of hydrogen-bond donors (Lipinski definition) is 1. The second-order valence-electron chi connectivity index (χ2n) is 2.05. The second-order valence-corrected chi connectivity index (χ2v) is 2.05. The highest BCUT2D eigenvalue weighted by Gasteiger charge is 1.77. The van der Waals surface area contributed by atoms with Crippen LogP contribution in [-0.4, -0.2) is 5.71 Å².